The Morgan fingerprint density at radius 1 is 1.09 bits per heavy atom. The lowest BCUT2D eigenvalue weighted by Crippen LogP contribution is -2.36. The summed E-state index contributed by atoms with van der Waals surface area (Å²) in [5.74, 6) is -0.480. The second-order valence-electron chi connectivity index (χ2n) is 7.95. The molecule has 0 spiro atoms. The van der Waals surface area contributed by atoms with Gasteiger partial charge in [-0.2, -0.15) is 9.57 Å². The molecule has 1 N–H and O–H groups in total. The predicted octanol–water partition coefficient (Wildman–Crippen LogP) is 4.56. The number of amides is 1. The van der Waals surface area contributed by atoms with Crippen LogP contribution in [0.1, 0.15) is 49.6 Å². The van der Waals surface area contributed by atoms with Gasteiger partial charge >= 0.3 is 0 Å². The Morgan fingerprint density at radius 3 is 2.69 bits per heavy atom. The summed E-state index contributed by atoms with van der Waals surface area (Å²) in [4.78, 5) is 14.4. The van der Waals surface area contributed by atoms with Crippen molar-refractivity contribution in [3.05, 3.63) is 67.7 Å². The average molecular weight is 484 g/mol. The molecule has 0 atom stereocenters. The van der Waals surface area contributed by atoms with Gasteiger partial charge < -0.3 is 5.32 Å². The molecule has 1 aliphatic carbocycles. The minimum Gasteiger partial charge on any atom is -0.312 e. The molecule has 2 aromatic heterocycles. The SMILES string of the molecule is N#Cc1c(NC(=O)c2sccc2S(=O)(=O)N2CCc3ccccc3C2)sc2c1CCCC2. The standard InChI is InChI=1S/C23H21N3O3S3/c24-13-18-17-7-3-4-8-19(17)31-23(18)25-22(27)21-20(10-12-30-21)32(28,29)26-11-9-15-5-1-2-6-16(15)14-26/h1-2,5-6,10,12H,3-4,7-9,11,14H2,(H,25,27). The van der Waals surface area contributed by atoms with Gasteiger partial charge in [0.15, 0.2) is 0 Å². The van der Waals surface area contributed by atoms with Crippen LogP contribution in [0, 0.1) is 11.3 Å². The number of carbonyl (C=O) groups is 1. The van der Waals surface area contributed by atoms with Gasteiger partial charge in [-0.1, -0.05) is 24.3 Å². The lowest BCUT2D eigenvalue weighted by molar-refractivity contribution is 0.102. The van der Waals surface area contributed by atoms with E-state index in [9.17, 15) is 18.5 Å². The third-order valence-electron chi connectivity index (χ3n) is 6.06. The van der Waals surface area contributed by atoms with Crippen molar-refractivity contribution in [2.75, 3.05) is 11.9 Å². The van der Waals surface area contributed by atoms with Crippen LogP contribution in [-0.2, 0) is 35.8 Å². The summed E-state index contributed by atoms with van der Waals surface area (Å²) < 4.78 is 28.3. The summed E-state index contributed by atoms with van der Waals surface area (Å²) in [6, 6.07) is 11.6. The van der Waals surface area contributed by atoms with E-state index < -0.39 is 15.9 Å². The van der Waals surface area contributed by atoms with Crippen LogP contribution < -0.4 is 5.32 Å². The highest BCUT2D eigenvalue weighted by atomic mass is 32.2. The topological polar surface area (TPSA) is 90.3 Å². The maximum atomic E-state index is 13.4. The van der Waals surface area contributed by atoms with Crippen LogP contribution in [0.15, 0.2) is 40.6 Å². The van der Waals surface area contributed by atoms with Crippen LogP contribution in [0.3, 0.4) is 0 Å². The quantitative estimate of drug-likeness (QED) is 0.589. The zero-order valence-corrected chi connectivity index (χ0v) is 19.7. The van der Waals surface area contributed by atoms with Crippen molar-refractivity contribution in [2.24, 2.45) is 0 Å². The smallest absolute Gasteiger partial charge is 0.267 e. The molecule has 9 heteroatoms. The van der Waals surface area contributed by atoms with E-state index in [1.807, 2.05) is 24.3 Å². The molecule has 0 bridgehead atoms. The molecule has 164 valence electrons. The first-order valence-corrected chi connectivity index (χ1v) is 13.6. The minimum atomic E-state index is -3.83. The van der Waals surface area contributed by atoms with Crippen molar-refractivity contribution in [1.82, 2.24) is 4.31 Å². The van der Waals surface area contributed by atoms with Gasteiger partial charge in [-0.25, -0.2) is 8.42 Å². The number of hydrogen-bond donors (Lipinski definition) is 1. The fourth-order valence-corrected chi connectivity index (χ4v) is 8.36. The van der Waals surface area contributed by atoms with Crippen molar-refractivity contribution < 1.29 is 13.2 Å². The number of nitrogens with one attached hydrogen (secondary N) is 1. The molecule has 1 aliphatic heterocycles. The highest BCUT2D eigenvalue weighted by Crippen LogP contribution is 2.38. The Hall–Kier alpha value is -2.51. The first-order chi connectivity index (χ1) is 15.5. The molecule has 0 unspecified atom stereocenters. The van der Waals surface area contributed by atoms with Crippen molar-refractivity contribution in [3.63, 3.8) is 0 Å². The largest absolute Gasteiger partial charge is 0.312 e. The van der Waals surface area contributed by atoms with E-state index in [1.54, 1.807) is 5.38 Å². The molecule has 0 radical (unpaired) electrons. The number of carbonyl (C=O) groups excluding carboxylic acids is 1. The monoisotopic (exact) mass is 483 g/mol. The van der Waals surface area contributed by atoms with Crippen LogP contribution in [0.25, 0.3) is 0 Å². The van der Waals surface area contributed by atoms with Crippen molar-refractivity contribution in [1.29, 1.82) is 5.26 Å². The van der Waals surface area contributed by atoms with Gasteiger partial charge in [0.05, 0.1) is 5.56 Å². The van der Waals surface area contributed by atoms with Crippen LogP contribution in [0.4, 0.5) is 5.00 Å². The molecule has 0 saturated heterocycles. The number of sulfonamides is 1. The number of fused-ring (bicyclic) bond motifs is 2. The lowest BCUT2D eigenvalue weighted by atomic mass is 9.96. The zero-order valence-electron chi connectivity index (χ0n) is 17.3. The number of benzene rings is 1. The van der Waals surface area contributed by atoms with Crippen LogP contribution in [0.2, 0.25) is 0 Å². The van der Waals surface area contributed by atoms with Crippen molar-refractivity contribution in [3.8, 4) is 6.07 Å². The molecular formula is C23H21N3O3S3. The lowest BCUT2D eigenvalue weighted by Gasteiger charge is -2.28. The van der Waals surface area contributed by atoms with E-state index in [-0.39, 0.29) is 9.77 Å². The third kappa shape index (κ3) is 3.67. The van der Waals surface area contributed by atoms with Gasteiger partial charge in [0, 0.05) is 18.0 Å². The van der Waals surface area contributed by atoms with Crippen molar-refractivity contribution >= 4 is 43.6 Å². The Morgan fingerprint density at radius 2 is 1.88 bits per heavy atom. The number of rotatable bonds is 4. The van der Waals surface area contributed by atoms with E-state index in [0.29, 0.717) is 30.1 Å². The molecule has 1 aromatic carbocycles. The van der Waals surface area contributed by atoms with Crippen LogP contribution >= 0.6 is 22.7 Å². The molecule has 5 rings (SSSR count). The number of aryl methyl sites for hydroxylation is 1. The molecule has 0 fully saturated rings. The summed E-state index contributed by atoms with van der Waals surface area (Å²) in [5, 5.41) is 14.6. The summed E-state index contributed by atoms with van der Waals surface area (Å²) in [5.41, 5.74) is 3.70. The van der Waals surface area contributed by atoms with Gasteiger partial charge in [0.25, 0.3) is 5.91 Å². The van der Waals surface area contributed by atoms with E-state index in [2.05, 4.69) is 11.4 Å². The molecular weight excluding hydrogens is 462 g/mol. The Bertz CT molecular complexity index is 1350. The third-order valence-corrected chi connectivity index (χ3v) is 10.2. The minimum absolute atomic E-state index is 0.0270. The average Bonchev–Trinajstić information content (AvgIpc) is 3.43. The molecule has 6 nitrogen and oxygen atoms in total. The molecule has 3 heterocycles. The van der Waals surface area contributed by atoms with Gasteiger partial charge in [-0.15, -0.1) is 22.7 Å². The van der Waals surface area contributed by atoms with Gasteiger partial charge in [-0.3, -0.25) is 4.79 Å². The fourth-order valence-electron chi connectivity index (χ4n) is 4.41. The van der Waals surface area contributed by atoms with Gasteiger partial charge in [-0.05, 0) is 60.2 Å². The Balaban J connectivity index is 1.42. The molecule has 0 saturated carbocycles. The molecule has 32 heavy (non-hydrogen) atoms. The number of anilines is 1. The van der Waals surface area contributed by atoms with Gasteiger partial charge in [0.2, 0.25) is 10.0 Å². The highest BCUT2D eigenvalue weighted by Gasteiger charge is 2.33. The van der Waals surface area contributed by atoms with E-state index in [4.69, 9.17) is 0 Å². The van der Waals surface area contributed by atoms with Gasteiger partial charge in [0.1, 0.15) is 20.8 Å². The number of nitrogens with zero attached hydrogens (tertiary/aromatic N) is 2. The second-order valence-corrected chi connectivity index (χ2v) is 11.9. The summed E-state index contributed by atoms with van der Waals surface area (Å²) in [6.45, 7) is 0.679. The maximum Gasteiger partial charge on any atom is 0.267 e. The van der Waals surface area contributed by atoms with Crippen LogP contribution in [0.5, 0.6) is 0 Å². The zero-order chi connectivity index (χ0) is 22.3. The predicted molar refractivity (Wildman–Crippen MR) is 126 cm³/mol. The summed E-state index contributed by atoms with van der Waals surface area (Å²) >= 11 is 2.54. The second kappa shape index (κ2) is 8.45. The van der Waals surface area contributed by atoms with E-state index in [1.165, 1.54) is 21.7 Å². The number of thiophene rings is 2. The Labute approximate surface area is 195 Å². The maximum absolute atomic E-state index is 13.4. The highest BCUT2D eigenvalue weighted by molar-refractivity contribution is 7.89. The van der Waals surface area contributed by atoms with Crippen LogP contribution in [-0.4, -0.2) is 25.2 Å². The first kappa shape index (κ1) is 21.3. The summed E-state index contributed by atoms with van der Waals surface area (Å²) in [6.07, 6.45) is 4.53. The van der Waals surface area contributed by atoms with Crippen molar-refractivity contribution in [2.45, 2.75) is 43.5 Å². The first-order valence-electron chi connectivity index (χ1n) is 10.5. The van der Waals surface area contributed by atoms with E-state index in [0.717, 1.165) is 58.6 Å². The molecule has 3 aromatic rings. The normalized spacial score (nSPS) is 16.1. The fraction of sp³-hybridized carbons (Fsp3) is 0.304. The summed E-state index contributed by atoms with van der Waals surface area (Å²) in [7, 11) is -3.83. The Kier molecular flexibility index (Phi) is 5.63. The number of hydrogen-bond acceptors (Lipinski definition) is 6. The molecule has 2 aliphatic rings. The number of nitriles is 1. The molecule has 1 amide bonds. The van der Waals surface area contributed by atoms with E-state index >= 15 is 0 Å².